The van der Waals surface area contributed by atoms with Crippen LogP contribution in [0.4, 0.5) is 17.2 Å². The van der Waals surface area contributed by atoms with Crippen molar-refractivity contribution in [2.75, 3.05) is 17.7 Å². The molecule has 1 heterocycles. The van der Waals surface area contributed by atoms with Crippen LogP contribution in [0.1, 0.15) is 15.9 Å². The van der Waals surface area contributed by atoms with Gasteiger partial charge in [-0.05, 0) is 30.7 Å². The third kappa shape index (κ3) is 3.33. The molecule has 2 rings (SSSR count). The summed E-state index contributed by atoms with van der Waals surface area (Å²) in [5, 5.41) is 16.3. The van der Waals surface area contributed by atoms with Crippen LogP contribution in [0.15, 0.2) is 36.5 Å². The van der Waals surface area contributed by atoms with Gasteiger partial charge in [-0.15, -0.1) is 0 Å². The van der Waals surface area contributed by atoms with Crippen molar-refractivity contribution in [3.63, 3.8) is 0 Å². The number of nitrogens with one attached hydrogen (secondary N) is 2. The van der Waals surface area contributed by atoms with Gasteiger partial charge in [0.05, 0.1) is 4.92 Å². The van der Waals surface area contributed by atoms with Gasteiger partial charge in [0.25, 0.3) is 11.6 Å². The van der Waals surface area contributed by atoms with Gasteiger partial charge in [0.15, 0.2) is 0 Å². The van der Waals surface area contributed by atoms with Crippen LogP contribution in [0.5, 0.6) is 0 Å². The summed E-state index contributed by atoms with van der Waals surface area (Å²) in [7, 11) is 1.58. The van der Waals surface area contributed by atoms with E-state index in [1.165, 1.54) is 18.2 Å². The van der Waals surface area contributed by atoms with Crippen molar-refractivity contribution in [3.8, 4) is 0 Å². The molecule has 108 valence electrons. The van der Waals surface area contributed by atoms with Gasteiger partial charge in [-0.1, -0.05) is 6.07 Å². The molecule has 7 heteroatoms. The number of nitro benzene ring substituents is 1. The molecule has 21 heavy (non-hydrogen) atoms. The van der Waals surface area contributed by atoms with Crippen LogP contribution in [0.25, 0.3) is 0 Å². The van der Waals surface area contributed by atoms with Crippen molar-refractivity contribution < 1.29 is 9.72 Å². The molecule has 2 aromatic rings. The number of aryl methyl sites for hydroxylation is 1. The van der Waals surface area contributed by atoms with Crippen LogP contribution in [-0.2, 0) is 0 Å². The Kier molecular flexibility index (Phi) is 4.13. The first-order valence-corrected chi connectivity index (χ1v) is 6.21. The molecule has 2 N–H and O–H groups in total. The molecule has 7 nitrogen and oxygen atoms in total. The summed E-state index contributed by atoms with van der Waals surface area (Å²) in [5.41, 5.74) is 1.37. The van der Waals surface area contributed by atoms with Gasteiger partial charge >= 0.3 is 0 Å². The quantitative estimate of drug-likeness (QED) is 0.665. The summed E-state index contributed by atoms with van der Waals surface area (Å²) in [6, 6.07) is 7.73. The lowest BCUT2D eigenvalue weighted by Crippen LogP contribution is -2.13. The molecule has 0 unspecified atom stereocenters. The first-order chi connectivity index (χ1) is 10.0. The minimum absolute atomic E-state index is 0.151. The highest BCUT2D eigenvalue weighted by atomic mass is 16.6. The number of carbonyl (C=O) groups excluding carboxylic acids is 1. The topological polar surface area (TPSA) is 97.2 Å². The predicted octanol–water partition coefficient (Wildman–Crippen LogP) is 2.59. The van der Waals surface area contributed by atoms with E-state index >= 15 is 0 Å². The lowest BCUT2D eigenvalue weighted by atomic mass is 10.1. The van der Waals surface area contributed by atoms with Crippen LogP contribution in [0.2, 0.25) is 0 Å². The molecule has 0 atom stereocenters. The monoisotopic (exact) mass is 286 g/mol. The molecule has 1 aromatic heterocycles. The normalized spacial score (nSPS) is 10.0. The summed E-state index contributed by atoms with van der Waals surface area (Å²) in [6.45, 7) is 1.89. The van der Waals surface area contributed by atoms with E-state index in [9.17, 15) is 14.9 Å². The average Bonchev–Trinajstić information content (AvgIpc) is 2.48. The molecule has 0 aliphatic rings. The second kappa shape index (κ2) is 6.00. The van der Waals surface area contributed by atoms with Crippen molar-refractivity contribution in [1.82, 2.24) is 4.98 Å². The molecule has 1 amide bonds. The van der Waals surface area contributed by atoms with Gasteiger partial charge in [0.2, 0.25) is 0 Å². The molecule has 0 saturated carbocycles. The number of nitrogens with zero attached hydrogens (tertiary/aromatic N) is 2. The van der Waals surface area contributed by atoms with E-state index in [4.69, 9.17) is 0 Å². The number of amides is 1. The van der Waals surface area contributed by atoms with Crippen molar-refractivity contribution in [3.05, 3.63) is 57.8 Å². The smallest absolute Gasteiger partial charge is 0.293 e. The van der Waals surface area contributed by atoms with Gasteiger partial charge in [0.1, 0.15) is 11.5 Å². The molecule has 0 spiro atoms. The van der Waals surface area contributed by atoms with E-state index in [0.717, 1.165) is 5.56 Å². The predicted molar refractivity (Wildman–Crippen MR) is 79.6 cm³/mol. The van der Waals surface area contributed by atoms with Gasteiger partial charge in [-0.25, -0.2) is 4.98 Å². The summed E-state index contributed by atoms with van der Waals surface area (Å²) < 4.78 is 0. The Bertz CT molecular complexity index is 683. The zero-order valence-corrected chi connectivity index (χ0v) is 11.6. The number of anilines is 2. The van der Waals surface area contributed by atoms with Gasteiger partial charge in [-0.3, -0.25) is 14.9 Å². The van der Waals surface area contributed by atoms with Gasteiger partial charge in [0, 0.05) is 24.9 Å². The summed E-state index contributed by atoms with van der Waals surface area (Å²) in [6.07, 6.45) is 1.63. The fourth-order valence-corrected chi connectivity index (χ4v) is 1.77. The van der Waals surface area contributed by atoms with Crippen molar-refractivity contribution in [1.29, 1.82) is 0 Å². The van der Waals surface area contributed by atoms with Crippen LogP contribution >= 0.6 is 0 Å². The lowest BCUT2D eigenvalue weighted by Gasteiger charge is -2.06. The maximum absolute atomic E-state index is 12.1. The Morgan fingerprint density at radius 3 is 2.62 bits per heavy atom. The SMILES string of the molecule is CNc1ccc(C(=O)Nc2ccc(C)cn2)cc1[N+](=O)[O-]. The number of nitro groups is 1. The number of hydrogen-bond donors (Lipinski definition) is 2. The van der Waals surface area contributed by atoms with Crippen LogP contribution in [-0.4, -0.2) is 22.9 Å². The maximum Gasteiger partial charge on any atom is 0.293 e. The zero-order chi connectivity index (χ0) is 15.4. The number of hydrogen-bond acceptors (Lipinski definition) is 5. The maximum atomic E-state index is 12.1. The summed E-state index contributed by atoms with van der Waals surface area (Å²) >= 11 is 0. The molecule has 0 aliphatic carbocycles. The Balaban J connectivity index is 2.25. The van der Waals surface area contributed by atoms with Crippen LogP contribution in [0, 0.1) is 17.0 Å². The second-order valence-electron chi connectivity index (χ2n) is 4.41. The summed E-state index contributed by atoms with van der Waals surface area (Å²) in [5.74, 6) is -0.0527. The second-order valence-corrected chi connectivity index (χ2v) is 4.41. The van der Waals surface area contributed by atoms with Crippen molar-refractivity contribution >= 4 is 23.1 Å². The van der Waals surface area contributed by atoms with Crippen molar-refractivity contribution in [2.24, 2.45) is 0 Å². The van der Waals surface area contributed by atoms with Gasteiger partial charge in [-0.2, -0.15) is 0 Å². The molecule has 0 fully saturated rings. The minimum atomic E-state index is -0.535. The number of benzene rings is 1. The highest BCUT2D eigenvalue weighted by Crippen LogP contribution is 2.25. The summed E-state index contributed by atoms with van der Waals surface area (Å²) in [4.78, 5) is 26.6. The van der Waals surface area contributed by atoms with Crippen LogP contribution in [0.3, 0.4) is 0 Å². The Labute approximate surface area is 121 Å². The number of rotatable bonds is 4. The molecular weight excluding hydrogens is 272 g/mol. The molecule has 0 aliphatic heterocycles. The third-order valence-electron chi connectivity index (χ3n) is 2.88. The molecule has 0 bridgehead atoms. The highest BCUT2D eigenvalue weighted by molar-refractivity contribution is 6.04. The van der Waals surface area contributed by atoms with E-state index < -0.39 is 10.8 Å². The first kappa shape index (κ1) is 14.4. The molecule has 0 saturated heterocycles. The standard InChI is InChI=1S/C14H14N4O3/c1-9-3-6-13(16-8-9)17-14(19)10-4-5-11(15-2)12(7-10)18(20)21/h3-8,15H,1-2H3,(H,16,17,19). The largest absolute Gasteiger partial charge is 0.383 e. The van der Waals surface area contributed by atoms with Crippen molar-refractivity contribution in [2.45, 2.75) is 6.92 Å². The number of carbonyl (C=O) groups is 1. The van der Waals surface area contributed by atoms with E-state index in [1.807, 2.05) is 13.0 Å². The third-order valence-corrected chi connectivity index (χ3v) is 2.88. The van der Waals surface area contributed by atoms with E-state index in [-0.39, 0.29) is 11.3 Å². The first-order valence-electron chi connectivity index (χ1n) is 6.21. The zero-order valence-electron chi connectivity index (χ0n) is 11.6. The highest BCUT2D eigenvalue weighted by Gasteiger charge is 2.17. The van der Waals surface area contributed by atoms with E-state index in [0.29, 0.717) is 11.5 Å². The fourth-order valence-electron chi connectivity index (χ4n) is 1.77. The Morgan fingerprint density at radius 2 is 2.05 bits per heavy atom. The van der Waals surface area contributed by atoms with Gasteiger partial charge < -0.3 is 10.6 Å². The minimum Gasteiger partial charge on any atom is -0.383 e. The fraction of sp³-hybridized carbons (Fsp3) is 0.143. The molecule has 1 aromatic carbocycles. The van der Waals surface area contributed by atoms with E-state index in [2.05, 4.69) is 15.6 Å². The lowest BCUT2D eigenvalue weighted by molar-refractivity contribution is -0.384. The molecule has 0 radical (unpaired) electrons. The van der Waals surface area contributed by atoms with Crippen LogP contribution < -0.4 is 10.6 Å². The Hall–Kier alpha value is -2.96. The van der Waals surface area contributed by atoms with E-state index in [1.54, 1.807) is 19.3 Å². The number of pyridine rings is 1. The number of aromatic nitrogens is 1. The molecular formula is C14H14N4O3. The Morgan fingerprint density at radius 1 is 1.29 bits per heavy atom. The average molecular weight is 286 g/mol.